The maximum atomic E-state index is 12.2. The molecule has 4 nitrogen and oxygen atoms in total. The number of carbonyl (C=O) groups is 1. The maximum Gasteiger partial charge on any atom is 0.238 e. The number of carbonyl (C=O) groups excluding carboxylic acids is 1. The minimum atomic E-state index is 0.0725. The van der Waals surface area contributed by atoms with Gasteiger partial charge in [-0.25, -0.2) is 0 Å². The number of benzene rings is 2. The number of nitrogens with one attached hydrogen (secondary N) is 1. The van der Waals surface area contributed by atoms with Crippen LogP contribution in [0.15, 0.2) is 54.6 Å². The second-order valence-electron chi connectivity index (χ2n) is 6.77. The molecule has 1 N–H and O–H groups in total. The molecule has 3 rings (SSSR count). The Morgan fingerprint density at radius 1 is 0.960 bits per heavy atom. The van der Waals surface area contributed by atoms with Crippen molar-refractivity contribution in [1.82, 2.24) is 9.80 Å². The highest BCUT2D eigenvalue weighted by atomic mass is 16.2. The molecular weight excluding hydrogens is 310 g/mol. The molecule has 1 aliphatic rings. The van der Waals surface area contributed by atoms with Crippen molar-refractivity contribution in [2.75, 3.05) is 44.6 Å². The lowest BCUT2D eigenvalue weighted by atomic mass is 10.1. The average Bonchev–Trinajstić information content (AvgIpc) is 2.62. The summed E-state index contributed by atoms with van der Waals surface area (Å²) in [6.07, 6.45) is 1.09. The molecule has 0 atom stereocenters. The van der Waals surface area contributed by atoms with E-state index < -0.39 is 0 Å². The molecule has 0 saturated carbocycles. The topological polar surface area (TPSA) is 35.6 Å². The van der Waals surface area contributed by atoms with Crippen LogP contribution in [-0.2, 0) is 11.2 Å². The molecule has 1 heterocycles. The van der Waals surface area contributed by atoms with E-state index in [-0.39, 0.29) is 5.91 Å². The second-order valence-corrected chi connectivity index (χ2v) is 6.77. The summed E-state index contributed by atoms with van der Waals surface area (Å²) in [6, 6.07) is 18.6. The van der Waals surface area contributed by atoms with Crippen LogP contribution in [0.25, 0.3) is 0 Å². The molecule has 1 amide bonds. The first-order valence-corrected chi connectivity index (χ1v) is 9.04. The number of piperazine rings is 1. The van der Waals surface area contributed by atoms with E-state index in [4.69, 9.17) is 0 Å². The highest BCUT2D eigenvalue weighted by Gasteiger charge is 2.18. The number of amides is 1. The van der Waals surface area contributed by atoms with Gasteiger partial charge in [0.15, 0.2) is 0 Å². The monoisotopic (exact) mass is 337 g/mol. The lowest BCUT2D eigenvalue weighted by Crippen LogP contribution is -2.49. The van der Waals surface area contributed by atoms with Gasteiger partial charge in [-0.15, -0.1) is 0 Å². The van der Waals surface area contributed by atoms with Gasteiger partial charge in [0.2, 0.25) is 5.91 Å². The van der Waals surface area contributed by atoms with Crippen LogP contribution >= 0.6 is 0 Å². The molecule has 1 saturated heterocycles. The first-order valence-electron chi connectivity index (χ1n) is 9.04. The molecule has 4 heteroatoms. The summed E-state index contributed by atoms with van der Waals surface area (Å²) in [4.78, 5) is 16.9. The van der Waals surface area contributed by atoms with E-state index in [1.54, 1.807) is 0 Å². The van der Waals surface area contributed by atoms with Crippen molar-refractivity contribution in [3.63, 3.8) is 0 Å². The number of hydrogen-bond acceptors (Lipinski definition) is 3. The summed E-state index contributed by atoms with van der Waals surface area (Å²) in [7, 11) is 0. The average molecular weight is 337 g/mol. The number of rotatable bonds is 6. The summed E-state index contributed by atoms with van der Waals surface area (Å²) in [6.45, 7) is 7.57. The van der Waals surface area contributed by atoms with Crippen LogP contribution < -0.4 is 5.32 Å². The van der Waals surface area contributed by atoms with Gasteiger partial charge in [0.25, 0.3) is 0 Å². The summed E-state index contributed by atoms with van der Waals surface area (Å²) >= 11 is 0. The summed E-state index contributed by atoms with van der Waals surface area (Å²) in [5.41, 5.74) is 3.43. The fraction of sp³-hybridized carbons (Fsp3) is 0.381. The van der Waals surface area contributed by atoms with Crippen LogP contribution in [-0.4, -0.2) is 55.0 Å². The van der Waals surface area contributed by atoms with Crippen molar-refractivity contribution >= 4 is 11.6 Å². The molecule has 25 heavy (non-hydrogen) atoms. The van der Waals surface area contributed by atoms with E-state index in [1.165, 1.54) is 5.56 Å². The predicted molar refractivity (Wildman–Crippen MR) is 103 cm³/mol. The SMILES string of the molecule is Cc1cccc(NC(=O)CN2CCN(CCc3ccccc3)CC2)c1. The van der Waals surface area contributed by atoms with Gasteiger partial charge in [-0.2, -0.15) is 0 Å². The molecule has 2 aromatic carbocycles. The summed E-state index contributed by atoms with van der Waals surface area (Å²) in [5.74, 6) is 0.0725. The van der Waals surface area contributed by atoms with Crippen LogP contribution in [0.1, 0.15) is 11.1 Å². The Bertz CT molecular complexity index is 679. The Hall–Kier alpha value is -2.17. The third-order valence-electron chi connectivity index (χ3n) is 4.69. The summed E-state index contributed by atoms with van der Waals surface area (Å²) < 4.78 is 0. The molecule has 0 unspecified atom stereocenters. The highest BCUT2D eigenvalue weighted by Crippen LogP contribution is 2.10. The first-order chi connectivity index (χ1) is 12.2. The third-order valence-corrected chi connectivity index (χ3v) is 4.69. The van der Waals surface area contributed by atoms with Gasteiger partial charge >= 0.3 is 0 Å². The Kier molecular flexibility index (Phi) is 6.20. The van der Waals surface area contributed by atoms with Crippen LogP contribution in [0.3, 0.4) is 0 Å². The molecule has 0 aliphatic carbocycles. The van der Waals surface area contributed by atoms with E-state index in [0.29, 0.717) is 6.54 Å². The van der Waals surface area contributed by atoms with Crippen LogP contribution in [0.2, 0.25) is 0 Å². The second kappa shape index (κ2) is 8.79. The zero-order valence-electron chi connectivity index (χ0n) is 14.9. The van der Waals surface area contributed by atoms with Gasteiger partial charge in [0.1, 0.15) is 0 Å². The molecular formula is C21H27N3O. The Balaban J connectivity index is 1.38. The molecule has 1 aliphatic heterocycles. The molecule has 0 aromatic heterocycles. The van der Waals surface area contributed by atoms with Crippen LogP contribution in [0.5, 0.6) is 0 Å². The molecule has 1 fully saturated rings. The standard InChI is InChI=1S/C21H27N3O/c1-18-6-5-9-20(16-18)22-21(25)17-24-14-12-23(13-15-24)11-10-19-7-3-2-4-8-19/h2-9,16H,10-15,17H2,1H3,(H,22,25). The number of anilines is 1. The van der Waals surface area contributed by atoms with Gasteiger partial charge in [-0.05, 0) is 36.6 Å². The van der Waals surface area contributed by atoms with E-state index in [1.807, 2.05) is 31.2 Å². The number of nitrogens with zero attached hydrogens (tertiary/aromatic N) is 2. The van der Waals surface area contributed by atoms with Crippen LogP contribution in [0.4, 0.5) is 5.69 Å². The lowest BCUT2D eigenvalue weighted by Gasteiger charge is -2.34. The van der Waals surface area contributed by atoms with E-state index >= 15 is 0 Å². The molecule has 0 spiro atoms. The van der Waals surface area contributed by atoms with Gasteiger partial charge in [-0.1, -0.05) is 42.5 Å². The zero-order valence-corrected chi connectivity index (χ0v) is 14.9. The minimum Gasteiger partial charge on any atom is -0.325 e. The van der Waals surface area contributed by atoms with Crippen molar-refractivity contribution in [2.24, 2.45) is 0 Å². The minimum absolute atomic E-state index is 0.0725. The third kappa shape index (κ3) is 5.69. The first kappa shape index (κ1) is 17.6. The smallest absolute Gasteiger partial charge is 0.238 e. The quantitative estimate of drug-likeness (QED) is 0.880. The van der Waals surface area contributed by atoms with Gasteiger partial charge in [-0.3, -0.25) is 9.69 Å². The van der Waals surface area contributed by atoms with Crippen molar-refractivity contribution < 1.29 is 4.79 Å². The Morgan fingerprint density at radius 2 is 1.68 bits per heavy atom. The maximum absolute atomic E-state index is 12.2. The fourth-order valence-corrected chi connectivity index (χ4v) is 3.23. The van der Waals surface area contributed by atoms with Crippen LogP contribution in [0, 0.1) is 6.92 Å². The Morgan fingerprint density at radius 3 is 2.40 bits per heavy atom. The number of aryl methyl sites for hydroxylation is 1. The molecule has 132 valence electrons. The molecule has 0 radical (unpaired) electrons. The Labute approximate surface area is 150 Å². The van der Waals surface area contributed by atoms with Crippen molar-refractivity contribution in [3.05, 3.63) is 65.7 Å². The summed E-state index contributed by atoms with van der Waals surface area (Å²) in [5, 5.41) is 2.99. The van der Waals surface area contributed by atoms with Gasteiger partial charge in [0, 0.05) is 38.4 Å². The normalized spacial score (nSPS) is 15.9. The largest absolute Gasteiger partial charge is 0.325 e. The predicted octanol–water partition coefficient (Wildman–Crippen LogP) is 2.79. The van der Waals surface area contributed by atoms with Crippen molar-refractivity contribution in [3.8, 4) is 0 Å². The zero-order chi connectivity index (χ0) is 17.5. The van der Waals surface area contributed by atoms with Crippen molar-refractivity contribution in [1.29, 1.82) is 0 Å². The molecule has 0 bridgehead atoms. The molecule has 2 aromatic rings. The van der Waals surface area contributed by atoms with Crippen molar-refractivity contribution in [2.45, 2.75) is 13.3 Å². The lowest BCUT2D eigenvalue weighted by molar-refractivity contribution is -0.117. The number of hydrogen-bond donors (Lipinski definition) is 1. The van der Waals surface area contributed by atoms with E-state index in [2.05, 4.69) is 45.4 Å². The highest BCUT2D eigenvalue weighted by molar-refractivity contribution is 5.92. The fourth-order valence-electron chi connectivity index (χ4n) is 3.23. The van der Waals surface area contributed by atoms with E-state index in [9.17, 15) is 4.79 Å². The van der Waals surface area contributed by atoms with Gasteiger partial charge in [0.05, 0.1) is 6.54 Å². The van der Waals surface area contributed by atoms with E-state index in [0.717, 1.165) is 50.4 Å². The van der Waals surface area contributed by atoms with Gasteiger partial charge < -0.3 is 10.2 Å².